The maximum absolute atomic E-state index is 11.4. The molecule has 0 heterocycles. The molecule has 140 valence electrons. The van der Waals surface area contributed by atoms with E-state index in [-0.39, 0.29) is 19.1 Å². The fourth-order valence-electron chi connectivity index (χ4n) is 1.69. The SMILES string of the molecule is COC=O.NCC(=O)NCCCCCNC(=O)OCc1ccccc1. The zero-order chi connectivity index (χ0) is 18.8. The van der Waals surface area contributed by atoms with Crippen molar-refractivity contribution in [2.75, 3.05) is 26.7 Å². The Hall–Kier alpha value is -2.61. The lowest BCUT2D eigenvalue weighted by atomic mass is 10.2. The number of nitrogens with one attached hydrogen (secondary N) is 2. The van der Waals surface area contributed by atoms with E-state index in [0.29, 0.717) is 19.6 Å². The summed E-state index contributed by atoms with van der Waals surface area (Å²) in [5, 5.41) is 5.39. The van der Waals surface area contributed by atoms with Crippen LogP contribution >= 0.6 is 0 Å². The molecule has 0 aliphatic heterocycles. The summed E-state index contributed by atoms with van der Waals surface area (Å²) in [6.07, 6.45) is 2.23. The van der Waals surface area contributed by atoms with Crippen LogP contribution in [0.4, 0.5) is 4.79 Å². The van der Waals surface area contributed by atoms with Crippen molar-refractivity contribution in [3.8, 4) is 0 Å². The van der Waals surface area contributed by atoms with Gasteiger partial charge in [-0.25, -0.2) is 4.79 Å². The third-order valence-corrected chi connectivity index (χ3v) is 2.94. The summed E-state index contributed by atoms with van der Waals surface area (Å²) in [5.41, 5.74) is 6.13. The van der Waals surface area contributed by atoms with Crippen molar-refractivity contribution in [2.24, 2.45) is 5.73 Å². The molecule has 0 atom stereocenters. The molecule has 0 bridgehead atoms. The van der Waals surface area contributed by atoms with Gasteiger partial charge in [0.15, 0.2) is 0 Å². The summed E-state index contributed by atoms with van der Waals surface area (Å²) in [6, 6.07) is 9.53. The van der Waals surface area contributed by atoms with Crippen molar-refractivity contribution >= 4 is 18.5 Å². The molecule has 8 nitrogen and oxygen atoms in total. The van der Waals surface area contributed by atoms with E-state index < -0.39 is 6.09 Å². The standard InChI is InChI=1S/C15H23N3O3.C2H4O2/c16-11-14(19)17-9-5-2-6-10-18-15(20)21-12-13-7-3-1-4-8-13;1-4-2-3/h1,3-4,7-8H,2,5-6,9-12,16H2,(H,17,19)(H,18,20);2H,1H3. The average molecular weight is 353 g/mol. The van der Waals surface area contributed by atoms with Crippen LogP contribution in [0.15, 0.2) is 30.3 Å². The maximum Gasteiger partial charge on any atom is 0.407 e. The van der Waals surface area contributed by atoms with Gasteiger partial charge in [-0.05, 0) is 24.8 Å². The molecule has 8 heteroatoms. The molecule has 2 amide bonds. The molecule has 0 aliphatic rings. The lowest BCUT2D eigenvalue weighted by Gasteiger charge is -2.07. The number of amides is 2. The highest BCUT2D eigenvalue weighted by atomic mass is 16.5. The topological polar surface area (TPSA) is 120 Å². The Balaban J connectivity index is 0.00000129. The van der Waals surface area contributed by atoms with Crippen LogP contribution in [0.5, 0.6) is 0 Å². The quantitative estimate of drug-likeness (QED) is 0.425. The van der Waals surface area contributed by atoms with Crippen LogP contribution in [-0.4, -0.2) is 45.2 Å². The van der Waals surface area contributed by atoms with Crippen LogP contribution in [0.25, 0.3) is 0 Å². The maximum atomic E-state index is 11.4. The largest absolute Gasteiger partial charge is 0.471 e. The molecular weight excluding hydrogens is 326 g/mol. The van der Waals surface area contributed by atoms with Gasteiger partial charge < -0.3 is 25.8 Å². The van der Waals surface area contributed by atoms with E-state index in [0.717, 1.165) is 24.8 Å². The zero-order valence-corrected chi connectivity index (χ0v) is 14.5. The molecule has 1 aromatic carbocycles. The fourth-order valence-corrected chi connectivity index (χ4v) is 1.69. The van der Waals surface area contributed by atoms with Gasteiger partial charge in [0.25, 0.3) is 6.47 Å². The minimum atomic E-state index is -0.407. The number of benzene rings is 1. The van der Waals surface area contributed by atoms with Crippen LogP contribution in [0, 0.1) is 0 Å². The molecule has 0 unspecified atom stereocenters. The number of carbonyl (C=O) groups is 3. The van der Waals surface area contributed by atoms with Crippen molar-refractivity contribution in [3.63, 3.8) is 0 Å². The van der Waals surface area contributed by atoms with Crippen molar-refractivity contribution in [1.29, 1.82) is 0 Å². The van der Waals surface area contributed by atoms with Gasteiger partial charge in [-0.1, -0.05) is 30.3 Å². The Bertz CT molecular complexity index is 482. The summed E-state index contributed by atoms with van der Waals surface area (Å²) in [4.78, 5) is 31.2. The molecule has 0 aliphatic carbocycles. The average Bonchev–Trinajstić information content (AvgIpc) is 2.66. The molecule has 0 saturated carbocycles. The van der Waals surface area contributed by atoms with E-state index >= 15 is 0 Å². The van der Waals surface area contributed by atoms with E-state index in [2.05, 4.69) is 15.4 Å². The Morgan fingerprint density at radius 3 is 2.24 bits per heavy atom. The highest BCUT2D eigenvalue weighted by molar-refractivity contribution is 5.77. The lowest BCUT2D eigenvalue weighted by Crippen LogP contribution is -2.31. The number of nitrogens with two attached hydrogens (primary N) is 1. The Morgan fingerprint density at radius 1 is 1.08 bits per heavy atom. The van der Waals surface area contributed by atoms with Gasteiger partial charge in [-0.2, -0.15) is 0 Å². The number of alkyl carbamates (subject to hydrolysis) is 1. The lowest BCUT2D eigenvalue weighted by molar-refractivity contribution is -0.126. The van der Waals surface area contributed by atoms with Crippen LogP contribution in [0.2, 0.25) is 0 Å². The van der Waals surface area contributed by atoms with Crippen molar-refractivity contribution in [1.82, 2.24) is 10.6 Å². The first-order chi connectivity index (χ1) is 12.1. The summed E-state index contributed by atoms with van der Waals surface area (Å²) in [7, 11) is 1.31. The minimum Gasteiger partial charge on any atom is -0.471 e. The Morgan fingerprint density at radius 2 is 1.68 bits per heavy atom. The van der Waals surface area contributed by atoms with Crippen LogP contribution in [-0.2, 0) is 25.7 Å². The Labute approximate surface area is 148 Å². The van der Waals surface area contributed by atoms with Crippen molar-refractivity contribution < 1.29 is 23.9 Å². The summed E-state index contributed by atoms with van der Waals surface area (Å²) in [5.74, 6) is -0.141. The molecule has 0 radical (unpaired) electrons. The van der Waals surface area contributed by atoms with E-state index in [1.807, 2.05) is 30.3 Å². The minimum absolute atomic E-state index is 0.0226. The van der Waals surface area contributed by atoms with E-state index in [1.54, 1.807) is 0 Å². The molecule has 0 fully saturated rings. The zero-order valence-electron chi connectivity index (χ0n) is 14.5. The molecule has 1 aromatic rings. The van der Waals surface area contributed by atoms with E-state index in [9.17, 15) is 9.59 Å². The molecule has 0 spiro atoms. The number of ether oxygens (including phenoxy) is 2. The van der Waals surface area contributed by atoms with E-state index in [1.165, 1.54) is 7.11 Å². The molecule has 4 N–H and O–H groups in total. The van der Waals surface area contributed by atoms with Crippen LogP contribution < -0.4 is 16.4 Å². The summed E-state index contributed by atoms with van der Waals surface area (Å²) in [6.45, 7) is 1.86. The predicted octanol–water partition coefficient (Wildman–Crippen LogP) is 0.947. The molecule has 0 aromatic heterocycles. The number of hydrogen-bond acceptors (Lipinski definition) is 6. The smallest absolute Gasteiger partial charge is 0.407 e. The summed E-state index contributed by atoms with van der Waals surface area (Å²) >= 11 is 0. The molecule has 1 rings (SSSR count). The third-order valence-electron chi connectivity index (χ3n) is 2.94. The number of carbonyl (C=O) groups excluding carboxylic acids is 3. The number of hydrogen-bond donors (Lipinski definition) is 3. The van der Waals surface area contributed by atoms with E-state index in [4.69, 9.17) is 15.3 Å². The van der Waals surface area contributed by atoms with Crippen molar-refractivity contribution in [2.45, 2.75) is 25.9 Å². The number of rotatable bonds is 10. The molecular formula is C17H27N3O5. The van der Waals surface area contributed by atoms with Gasteiger partial charge in [-0.15, -0.1) is 0 Å². The molecule has 0 saturated heterocycles. The van der Waals surface area contributed by atoms with Crippen molar-refractivity contribution in [3.05, 3.63) is 35.9 Å². The van der Waals surface area contributed by atoms with Gasteiger partial charge in [-0.3, -0.25) is 9.59 Å². The highest BCUT2D eigenvalue weighted by Crippen LogP contribution is 2.00. The normalized spacial score (nSPS) is 9.20. The van der Waals surface area contributed by atoms with Gasteiger partial charge in [0.2, 0.25) is 5.91 Å². The monoisotopic (exact) mass is 353 g/mol. The van der Waals surface area contributed by atoms with Gasteiger partial charge in [0.1, 0.15) is 6.61 Å². The predicted molar refractivity (Wildman–Crippen MR) is 93.6 cm³/mol. The van der Waals surface area contributed by atoms with Crippen LogP contribution in [0.3, 0.4) is 0 Å². The second-order valence-electron chi connectivity index (χ2n) is 4.94. The van der Waals surface area contributed by atoms with Gasteiger partial charge in [0.05, 0.1) is 13.7 Å². The second-order valence-corrected chi connectivity index (χ2v) is 4.94. The van der Waals surface area contributed by atoms with Crippen LogP contribution in [0.1, 0.15) is 24.8 Å². The fraction of sp³-hybridized carbons (Fsp3) is 0.471. The van der Waals surface area contributed by atoms with Gasteiger partial charge >= 0.3 is 6.09 Å². The first kappa shape index (κ1) is 22.4. The molecule has 25 heavy (non-hydrogen) atoms. The second kappa shape index (κ2) is 16.3. The van der Waals surface area contributed by atoms with Gasteiger partial charge in [0, 0.05) is 13.1 Å². The highest BCUT2D eigenvalue weighted by Gasteiger charge is 2.01. The summed E-state index contributed by atoms with van der Waals surface area (Å²) < 4.78 is 8.94. The first-order valence-electron chi connectivity index (χ1n) is 8.01. The number of unbranched alkanes of at least 4 members (excludes halogenated alkanes) is 2. The first-order valence-corrected chi connectivity index (χ1v) is 8.01. The number of methoxy groups -OCH3 is 1. The third kappa shape index (κ3) is 14.7. The Kier molecular flexibility index (Phi) is 14.6.